The highest BCUT2D eigenvalue weighted by atomic mass is 16.5. The van der Waals surface area contributed by atoms with Gasteiger partial charge in [-0.3, -0.25) is 5.11 Å². The fourth-order valence-corrected chi connectivity index (χ4v) is 1.62. The normalized spacial score (nSPS) is 10.3. The zero-order valence-corrected chi connectivity index (χ0v) is 8.61. The Morgan fingerprint density at radius 1 is 1.07 bits per heavy atom. The lowest BCUT2D eigenvalue weighted by Gasteiger charge is -2.07. The third kappa shape index (κ3) is 1.56. The maximum Gasteiger partial charge on any atom is 0.193 e. The van der Waals surface area contributed by atoms with E-state index in [0.29, 0.717) is 16.9 Å². The third-order valence-electron chi connectivity index (χ3n) is 2.33. The summed E-state index contributed by atoms with van der Waals surface area (Å²) in [4.78, 5) is 0. The number of ether oxygens (including phenoxy) is 2. The van der Waals surface area contributed by atoms with Crippen LogP contribution >= 0.6 is 0 Å². The van der Waals surface area contributed by atoms with Gasteiger partial charge >= 0.3 is 0 Å². The molecule has 0 amide bonds. The second-order valence-electron chi connectivity index (χ2n) is 3.18. The summed E-state index contributed by atoms with van der Waals surface area (Å²) in [6.45, 7) is 0. The fourth-order valence-electron chi connectivity index (χ4n) is 1.62. The molecule has 0 aliphatic heterocycles. The van der Waals surface area contributed by atoms with Crippen LogP contribution < -0.4 is 9.47 Å². The quantitative estimate of drug-likeness (QED) is 0.752. The average Bonchev–Trinajstić information content (AvgIpc) is 2.27. The van der Waals surface area contributed by atoms with E-state index < -0.39 is 0 Å². The van der Waals surface area contributed by atoms with Crippen LogP contribution in [0.4, 0.5) is 0 Å². The fraction of sp³-hybridized carbons (Fsp3) is 0.167. The highest BCUT2D eigenvalue weighted by Gasteiger charge is 2.09. The van der Waals surface area contributed by atoms with Gasteiger partial charge in [0.05, 0.1) is 19.6 Å². The molecule has 0 aliphatic carbocycles. The van der Waals surface area contributed by atoms with Gasteiger partial charge in [0.1, 0.15) is 11.5 Å². The molecule has 0 saturated carbocycles. The summed E-state index contributed by atoms with van der Waals surface area (Å²) in [5.41, 5.74) is 0. The van der Waals surface area contributed by atoms with Gasteiger partial charge in [0, 0.05) is 6.07 Å². The third-order valence-corrected chi connectivity index (χ3v) is 2.33. The Morgan fingerprint density at radius 3 is 2.53 bits per heavy atom. The van der Waals surface area contributed by atoms with Gasteiger partial charge in [-0.05, 0) is 17.5 Å². The van der Waals surface area contributed by atoms with Crippen LogP contribution in [0.5, 0.6) is 17.2 Å². The van der Waals surface area contributed by atoms with Gasteiger partial charge in [0.25, 0.3) is 0 Å². The van der Waals surface area contributed by atoms with Crippen LogP contribution in [0.25, 0.3) is 10.8 Å². The van der Waals surface area contributed by atoms with Crippen LogP contribution in [-0.4, -0.2) is 14.2 Å². The zero-order valence-electron chi connectivity index (χ0n) is 8.61. The second kappa shape index (κ2) is 3.69. The Labute approximate surface area is 87.9 Å². The van der Waals surface area contributed by atoms with Crippen molar-refractivity contribution in [2.75, 3.05) is 14.2 Å². The predicted molar refractivity (Wildman–Crippen MR) is 57.2 cm³/mol. The van der Waals surface area contributed by atoms with Crippen LogP contribution in [-0.2, 0) is 5.11 Å². The zero-order chi connectivity index (χ0) is 10.8. The monoisotopic (exact) mass is 203 g/mol. The van der Waals surface area contributed by atoms with Crippen molar-refractivity contribution >= 4 is 10.8 Å². The Morgan fingerprint density at radius 2 is 1.87 bits per heavy atom. The molecule has 0 saturated heterocycles. The van der Waals surface area contributed by atoms with Gasteiger partial charge in [0.15, 0.2) is 5.75 Å². The van der Waals surface area contributed by atoms with Crippen molar-refractivity contribution in [2.24, 2.45) is 0 Å². The van der Waals surface area contributed by atoms with E-state index in [2.05, 4.69) is 0 Å². The molecule has 1 radical (unpaired) electrons. The smallest absolute Gasteiger partial charge is 0.193 e. The van der Waals surface area contributed by atoms with E-state index in [0.717, 1.165) is 5.39 Å². The molecule has 0 fully saturated rings. The van der Waals surface area contributed by atoms with Crippen molar-refractivity contribution in [2.45, 2.75) is 0 Å². The van der Waals surface area contributed by atoms with Gasteiger partial charge in [-0.15, -0.1) is 0 Å². The highest BCUT2D eigenvalue weighted by molar-refractivity contribution is 5.94. The van der Waals surface area contributed by atoms with Crippen molar-refractivity contribution < 1.29 is 14.6 Å². The molecule has 0 heterocycles. The molecule has 0 aromatic heterocycles. The van der Waals surface area contributed by atoms with E-state index >= 15 is 0 Å². The first-order valence-corrected chi connectivity index (χ1v) is 4.58. The molecule has 2 rings (SSSR count). The summed E-state index contributed by atoms with van der Waals surface area (Å²) in [5.74, 6) is 1.09. The molecule has 0 unspecified atom stereocenters. The molecule has 3 heteroatoms. The first-order valence-electron chi connectivity index (χ1n) is 4.58. The van der Waals surface area contributed by atoms with Crippen molar-refractivity contribution in [3.63, 3.8) is 0 Å². The number of fused-ring (bicyclic) bond motifs is 1. The molecule has 3 nitrogen and oxygen atoms in total. The summed E-state index contributed by atoms with van der Waals surface area (Å²) in [7, 11) is 3.10. The van der Waals surface area contributed by atoms with Gasteiger partial charge in [-0.2, -0.15) is 0 Å². The van der Waals surface area contributed by atoms with Crippen molar-refractivity contribution in [1.82, 2.24) is 0 Å². The second-order valence-corrected chi connectivity index (χ2v) is 3.18. The molecule has 77 valence electrons. The topological polar surface area (TPSA) is 38.4 Å². The van der Waals surface area contributed by atoms with Crippen LogP contribution in [0.1, 0.15) is 0 Å². The molecule has 15 heavy (non-hydrogen) atoms. The summed E-state index contributed by atoms with van der Waals surface area (Å²) >= 11 is 0. The minimum atomic E-state index is -0.0817. The molecule has 0 atom stereocenters. The molecular formula is C12H11O3. The SMILES string of the molecule is COc1cc([O])c2c(OC)cccc2c1. The largest absolute Gasteiger partial charge is 0.497 e. The molecule has 0 aliphatic rings. The minimum Gasteiger partial charge on any atom is -0.497 e. The van der Waals surface area contributed by atoms with Crippen molar-refractivity contribution in [3.8, 4) is 17.2 Å². The summed E-state index contributed by atoms with van der Waals surface area (Å²) < 4.78 is 10.2. The van der Waals surface area contributed by atoms with Crippen molar-refractivity contribution in [3.05, 3.63) is 30.3 Å². The number of rotatable bonds is 2. The van der Waals surface area contributed by atoms with E-state index in [1.165, 1.54) is 6.07 Å². The molecular weight excluding hydrogens is 192 g/mol. The van der Waals surface area contributed by atoms with Crippen LogP contribution in [0.2, 0.25) is 0 Å². The number of methoxy groups -OCH3 is 2. The number of hydrogen-bond donors (Lipinski definition) is 0. The summed E-state index contributed by atoms with van der Waals surface area (Å²) in [6, 6.07) is 8.77. The van der Waals surface area contributed by atoms with Crippen LogP contribution in [0, 0.1) is 0 Å². The van der Waals surface area contributed by atoms with E-state index in [1.54, 1.807) is 20.3 Å². The van der Waals surface area contributed by atoms with E-state index in [1.807, 2.05) is 18.2 Å². The Kier molecular flexibility index (Phi) is 2.37. The predicted octanol–water partition coefficient (Wildman–Crippen LogP) is 3.00. The van der Waals surface area contributed by atoms with Crippen LogP contribution in [0.3, 0.4) is 0 Å². The van der Waals surface area contributed by atoms with Crippen molar-refractivity contribution in [1.29, 1.82) is 0 Å². The Hall–Kier alpha value is -1.90. The Balaban J connectivity index is 2.78. The number of benzene rings is 2. The van der Waals surface area contributed by atoms with Crippen LogP contribution in [0.15, 0.2) is 30.3 Å². The average molecular weight is 203 g/mol. The van der Waals surface area contributed by atoms with Gasteiger partial charge in [-0.1, -0.05) is 12.1 Å². The maximum atomic E-state index is 11.8. The van der Waals surface area contributed by atoms with E-state index in [-0.39, 0.29) is 5.75 Å². The Bertz CT molecular complexity index is 491. The lowest BCUT2D eigenvalue weighted by Crippen LogP contribution is -1.87. The molecule has 0 N–H and O–H groups in total. The van der Waals surface area contributed by atoms with E-state index in [4.69, 9.17) is 9.47 Å². The highest BCUT2D eigenvalue weighted by Crippen LogP contribution is 2.36. The first kappa shape index (κ1) is 9.65. The first-order chi connectivity index (χ1) is 7.26. The molecule has 2 aromatic rings. The van der Waals surface area contributed by atoms with Gasteiger partial charge < -0.3 is 9.47 Å². The molecule has 0 bridgehead atoms. The molecule has 0 spiro atoms. The standard InChI is InChI=1S/C12H11O3/c1-14-9-6-8-4-3-5-11(15-2)12(8)10(13)7-9/h3-7H,1-2H3. The number of hydrogen-bond acceptors (Lipinski definition) is 2. The van der Waals surface area contributed by atoms with Gasteiger partial charge in [-0.25, -0.2) is 0 Å². The van der Waals surface area contributed by atoms with E-state index in [9.17, 15) is 5.11 Å². The molecule has 2 aromatic carbocycles. The lowest BCUT2D eigenvalue weighted by atomic mass is 10.1. The lowest BCUT2D eigenvalue weighted by molar-refractivity contribution is 0.351. The van der Waals surface area contributed by atoms with Gasteiger partial charge in [0.2, 0.25) is 0 Å². The summed E-state index contributed by atoms with van der Waals surface area (Å²) in [6.07, 6.45) is 0. The maximum absolute atomic E-state index is 11.8. The summed E-state index contributed by atoms with van der Waals surface area (Å²) in [5, 5.41) is 13.2. The minimum absolute atomic E-state index is 0.0817.